The van der Waals surface area contributed by atoms with Crippen LogP contribution >= 0.6 is 11.6 Å². The number of hydrogen-bond acceptors (Lipinski definition) is 3. The van der Waals surface area contributed by atoms with Gasteiger partial charge in [-0.3, -0.25) is 0 Å². The molecule has 4 heteroatoms. The Morgan fingerprint density at radius 1 is 1.29 bits per heavy atom. The summed E-state index contributed by atoms with van der Waals surface area (Å²) in [7, 11) is 0. The molecule has 1 heterocycles. The van der Waals surface area contributed by atoms with E-state index in [1.807, 2.05) is 6.07 Å². The molecular weight excluding hydrogens is 286 g/mol. The highest BCUT2D eigenvalue weighted by atomic mass is 35.5. The van der Waals surface area contributed by atoms with Crippen LogP contribution in [0.5, 0.6) is 5.75 Å². The van der Waals surface area contributed by atoms with Gasteiger partial charge in [-0.2, -0.15) is 0 Å². The van der Waals surface area contributed by atoms with E-state index >= 15 is 0 Å². The zero-order valence-corrected chi connectivity index (χ0v) is 13.4. The molecule has 1 aromatic rings. The Morgan fingerprint density at radius 2 is 2.00 bits per heavy atom. The number of nitrogens with two attached hydrogens (primary N) is 1. The summed E-state index contributed by atoms with van der Waals surface area (Å²) < 4.78 is 11.1. The first-order chi connectivity index (χ1) is 10.1. The minimum absolute atomic E-state index is 0.121. The third-order valence-electron chi connectivity index (χ3n) is 4.97. The summed E-state index contributed by atoms with van der Waals surface area (Å²) in [6.07, 6.45) is 4.84. The number of ether oxygens (including phenoxy) is 2. The van der Waals surface area contributed by atoms with Crippen molar-refractivity contribution >= 4 is 11.6 Å². The van der Waals surface area contributed by atoms with Crippen molar-refractivity contribution in [3.05, 3.63) is 28.8 Å². The van der Waals surface area contributed by atoms with Gasteiger partial charge in [0.05, 0.1) is 24.8 Å². The van der Waals surface area contributed by atoms with Gasteiger partial charge < -0.3 is 15.2 Å². The number of hydrogen-bond donors (Lipinski definition) is 1. The second-order valence-electron chi connectivity index (χ2n) is 6.93. The Balaban J connectivity index is 1.73. The van der Waals surface area contributed by atoms with Gasteiger partial charge in [0.1, 0.15) is 5.75 Å². The van der Waals surface area contributed by atoms with E-state index < -0.39 is 0 Å². The maximum absolute atomic E-state index is 6.42. The molecule has 116 valence electrons. The van der Waals surface area contributed by atoms with Gasteiger partial charge in [0.15, 0.2) is 0 Å². The summed E-state index contributed by atoms with van der Waals surface area (Å²) >= 11 is 6.42. The second-order valence-corrected chi connectivity index (χ2v) is 7.34. The molecule has 21 heavy (non-hydrogen) atoms. The van der Waals surface area contributed by atoms with Crippen LogP contribution in [-0.2, 0) is 10.2 Å². The molecule has 0 aromatic heterocycles. The lowest BCUT2D eigenvalue weighted by Gasteiger charge is -2.37. The van der Waals surface area contributed by atoms with Gasteiger partial charge in [-0.1, -0.05) is 37.4 Å². The van der Waals surface area contributed by atoms with Crippen molar-refractivity contribution in [1.82, 2.24) is 0 Å². The smallest absolute Gasteiger partial charge is 0.137 e. The van der Waals surface area contributed by atoms with Crippen molar-refractivity contribution in [3.63, 3.8) is 0 Å². The van der Waals surface area contributed by atoms with Crippen molar-refractivity contribution in [1.29, 1.82) is 0 Å². The van der Waals surface area contributed by atoms with E-state index in [9.17, 15) is 0 Å². The van der Waals surface area contributed by atoms with Crippen LogP contribution in [0.15, 0.2) is 18.2 Å². The highest BCUT2D eigenvalue weighted by Crippen LogP contribution is 2.42. The normalized spacial score (nSPS) is 22.8. The first-order valence-electron chi connectivity index (χ1n) is 7.78. The Bertz CT molecular complexity index is 508. The second kappa shape index (κ2) is 5.79. The predicted octanol–water partition coefficient (Wildman–Crippen LogP) is 3.53. The molecule has 1 aliphatic carbocycles. The van der Waals surface area contributed by atoms with Crippen LogP contribution in [0.2, 0.25) is 5.02 Å². The number of benzene rings is 1. The summed E-state index contributed by atoms with van der Waals surface area (Å²) in [5.74, 6) is 0.763. The molecule has 0 amide bonds. The molecule has 2 N–H and O–H groups in total. The predicted molar refractivity (Wildman–Crippen MR) is 85.1 cm³/mol. The maximum Gasteiger partial charge on any atom is 0.137 e. The third kappa shape index (κ3) is 2.92. The van der Waals surface area contributed by atoms with E-state index in [1.54, 1.807) is 0 Å². The van der Waals surface area contributed by atoms with Crippen LogP contribution in [0, 0.1) is 5.41 Å². The summed E-state index contributed by atoms with van der Waals surface area (Å²) in [5, 5.41) is 0.691. The standard InChI is InChI=1S/C17H24ClNO2/c1-16(10-20-11-16)12-21-15-5-4-13(8-14(15)18)17(9-19)6-2-3-7-17/h4-5,8H,2-3,6-7,9-12,19H2,1H3. The van der Waals surface area contributed by atoms with Crippen molar-refractivity contribution < 1.29 is 9.47 Å². The topological polar surface area (TPSA) is 44.5 Å². The SMILES string of the molecule is CC1(COc2ccc(C3(CN)CCCC3)cc2Cl)COC1. The minimum Gasteiger partial charge on any atom is -0.491 e. The molecule has 0 bridgehead atoms. The minimum atomic E-state index is 0.121. The van der Waals surface area contributed by atoms with Gasteiger partial charge in [-0.25, -0.2) is 0 Å². The van der Waals surface area contributed by atoms with E-state index in [0.29, 0.717) is 18.2 Å². The molecule has 3 rings (SSSR count). The summed E-state index contributed by atoms with van der Waals surface area (Å²) in [4.78, 5) is 0. The van der Waals surface area contributed by atoms with Crippen LogP contribution in [0.4, 0.5) is 0 Å². The van der Waals surface area contributed by atoms with Gasteiger partial charge in [0.25, 0.3) is 0 Å². The lowest BCUT2D eigenvalue weighted by atomic mass is 9.79. The molecule has 1 saturated heterocycles. The Kier molecular flexibility index (Phi) is 4.17. The molecule has 0 unspecified atom stereocenters. The summed E-state index contributed by atoms with van der Waals surface area (Å²) in [5.41, 5.74) is 7.56. The molecule has 0 spiro atoms. The molecule has 1 saturated carbocycles. The van der Waals surface area contributed by atoms with E-state index in [4.69, 9.17) is 26.8 Å². The fraction of sp³-hybridized carbons (Fsp3) is 0.647. The average Bonchev–Trinajstić information content (AvgIpc) is 2.94. The maximum atomic E-state index is 6.42. The Hall–Kier alpha value is -0.770. The lowest BCUT2D eigenvalue weighted by molar-refractivity contribution is -0.120. The number of rotatable bonds is 5. The van der Waals surface area contributed by atoms with Gasteiger partial charge in [-0.15, -0.1) is 0 Å². The lowest BCUT2D eigenvalue weighted by Crippen LogP contribution is -2.44. The molecular formula is C17H24ClNO2. The highest BCUT2D eigenvalue weighted by molar-refractivity contribution is 6.32. The molecule has 2 fully saturated rings. The Morgan fingerprint density at radius 3 is 2.52 bits per heavy atom. The van der Waals surface area contributed by atoms with E-state index in [2.05, 4.69) is 19.1 Å². The third-order valence-corrected chi connectivity index (χ3v) is 5.27. The van der Waals surface area contributed by atoms with Crippen LogP contribution in [0.25, 0.3) is 0 Å². The number of halogens is 1. The first kappa shape index (κ1) is 15.1. The molecule has 3 nitrogen and oxygen atoms in total. The van der Waals surface area contributed by atoms with Gasteiger partial charge in [-0.05, 0) is 30.5 Å². The highest BCUT2D eigenvalue weighted by Gasteiger charge is 2.36. The van der Waals surface area contributed by atoms with Crippen molar-refractivity contribution in [2.75, 3.05) is 26.4 Å². The van der Waals surface area contributed by atoms with Crippen molar-refractivity contribution in [3.8, 4) is 5.75 Å². The Labute approximate surface area is 131 Å². The van der Waals surface area contributed by atoms with E-state index in [1.165, 1.54) is 18.4 Å². The fourth-order valence-corrected chi connectivity index (χ4v) is 3.63. The van der Waals surface area contributed by atoms with Crippen LogP contribution in [0.1, 0.15) is 38.2 Å². The molecule has 1 aliphatic heterocycles. The molecule has 1 aromatic carbocycles. The first-order valence-corrected chi connectivity index (χ1v) is 8.15. The van der Waals surface area contributed by atoms with Crippen molar-refractivity contribution in [2.45, 2.75) is 38.0 Å². The average molecular weight is 310 g/mol. The largest absolute Gasteiger partial charge is 0.491 e. The van der Waals surface area contributed by atoms with Crippen LogP contribution in [-0.4, -0.2) is 26.4 Å². The molecule has 2 aliphatic rings. The summed E-state index contributed by atoms with van der Waals surface area (Å²) in [6.45, 7) is 5.03. The monoisotopic (exact) mass is 309 g/mol. The zero-order valence-electron chi connectivity index (χ0n) is 12.7. The van der Waals surface area contributed by atoms with E-state index in [-0.39, 0.29) is 10.8 Å². The van der Waals surface area contributed by atoms with Crippen molar-refractivity contribution in [2.24, 2.45) is 11.1 Å². The summed E-state index contributed by atoms with van der Waals surface area (Å²) in [6, 6.07) is 6.18. The van der Waals surface area contributed by atoms with Gasteiger partial charge in [0.2, 0.25) is 0 Å². The zero-order chi connectivity index (χ0) is 14.9. The molecule has 0 atom stereocenters. The molecule has 0 radical (unpaired) electrons. The van der Waals surface area contributed by atoms with Gasteiger partial charge >= 0.3 is 0 Å². The van der Waals surface area contributed by atoms with Crippen LogP contribution in [0.3, 0.4) is 0 Å². The van der Waals surface area contributed by atoms with Gasteiger partial charge in [0, 0.05) is 17.4 Å². The fourth-order valence-electron chi connectivity index (χ4n) is 3.40. The quantitative estimate of drug-likeness (QED) is 0.905. The van der Waals surface area contributed by atoms with E-state index in [0.717, 1.165) is 31.8 Å². The van der Waals surface area contributed by atoms with Crippen LogP contribution < -0.4 is 10.5 Å².